The highest BCUT2D eigenvalue weighted by atomic mass is 16.6. The zero-order valence-corrected chi connectivity index (χ0v) is 56.2. The summed E-state index contributed by atoms with van der Waals surface area (Å²) in [6, 6.07) is 0. The molecule has 0 fully saturated rings. The smallest absolute Gasteiger partial charge is 0.306 e. The molecule has 1 unspecified atom stereocenters. The van der Waals surface area contributed by atoms with Gasteiger partial charge in [0, 0.05) is 19.3 Å². The maximum atomic E-state index is 13.0. The summed E-state index contributed by atoms with van der Waals surface area (Å²) in [6.07, 6.45) is 90.4. The fourth-order valence-corrected chi connectivity index (χ4v) is 11.5. The number of esters is 3. The Morgan fingerprint density at radius 1 is 0.241 bits per heavy atom. The van der Waals surface area contributed by atoms with Crippen molar-refractivity contribution in [1.29, 1.82) is 0 Å². The lowest BCUT2D eigenvalue weighted by Crippen LogP contribution is -2.30. The van der Waals surface area contributed by atoms with Crippen molar-refractivity contribution in [1.82, 2.24) is 0 Å². The molecule has 0 aliphatic rings. The van der Waals surface area contributed by atoms with E-state index in [0.717, 1.165) is 64.2 Å². The van der Waals surface area contributed by atoms with Gasteiger partial charge in [0.2, 0.25) is 0 Å². The molecular formula is C77H144O6. The number of allylic oxidation sites excluding steroid dienone is 6. The summed E-state index contributed by atoms with van der Waals surface area (Å²) >= 11 is 0. The van der Waals surface area contributed by atoms with Crippen LogP contribution in [0.5, 0.6) is 0 Å². The molecule has 0 aromatic rings. The average molecular weight is 1170 g/mol. The van der Waals surface area contributed by atoms with Gasteiger partial charge in [-0.25, -0.2) is 0 Å². The van der Waals surface area contributed by atoms with Crippen LogP contribution in [0.4, 0.5) is 0 Å². The Labute approximate surface area is 518 Å². The van der Waals surface area contributed by atoms with Crippen LogP contribution in [0.2, 0.25) is 0 Å². The minimum Gasteiger partial charge on any atom is -0.462 e. The summed E-state index contributed by atoms with van der Waals surface area (Å²) in [4.78, 5) is 38.5. The molecule has 0 bridgehead atoms. The van der Waals surface area contributed by atoms with Crippen LogP contribution in [0.3, 0.4) is 0 Å². The maximum Gasteiger partial charge on any atom is 0.306 e. The summed E-state index contributed by atoms with van der Waals surface area (Å²) in [6.45, 7) is 6.70. The normalized spacial score (nSPS) is 12.2. The molecule has 0 spiro atoms. The van der Waals surface area contributed by atoms with Crippen molar-refractivity contribution in [2.45, 2.75) is 425 Å². The molecule has 6 heteroatoms. The van der Waals surface area contributed by atoms with E-state index in [9.17, 15) is 14.4 Å². The van der Waals surface area contributed by atoms with Crippen LogP contribution in [-0.2, 0) is 28.6 Å². The SMILES string of the molecule is CCCCC/C=C\C/C=C\CCCCCCCCCCCC(=O)OC(COC(=O)CCCCCCCCCCCCCCCCC/C=C\CCCCCCCCCC)COC(=O)CCCCCCCCCCCCCCCCCCCCC. The molecule has 6 nitrogen and oxygen atoms in total. The molecule has 1 atom stereocenters. The Bertz CT molecular complexity index is 1380. The molecule has 0 saturated carbocycles. The van der Waals surface area contributed by atoms with Crippen LogP contribution in [0.1, 0.15) is 419 Å². The van der Waals surface area contributed by atoms with E-state index in [4.69, 9.17) is 14.2 Å². The van der Waals surface area contributed by atoms with E-state index in [0.29, 0.717) is 19.3 Å². The van der Waals surface area contributed by atoms with E-state index in [1.165, 1.54) is 315 Å². The van der Waals surface area contributed by atoms with Gasteiger partial charge in [0.25, 0.3) is 0 Å². The van der Waals surface area contributed by atoms with Crippen molar-refractivity contribution in [3.05, 3.63) is 36.5 Å². The summed E-state index contributed by atoms with van der Waals surface area (Å²) in [7, 11) is 0. The number of carbonyl (C=O) groups is 3. The molecule has 0 aliphatic carbocycles. The Hall–Kier alpha value is -2.37. The Kier molecular flexibility index (Phi) is 70.0. The highest BCUT2D eigenvalue weighted by Crippen LogP contribution is 2.19. The van der Waals surface area contributed by atoms with E-state index < -0.39 is 6.10 Å². The molecule has 488 valence electrons. The lowest BCUT2D eigenvalue weighted by molar-refractivity contribution is -0.167. The van der Waals surface area contributed by atoms with Crippen LogP contribution in [0.15, 0.2) is 36.5 Å². The third-order valence-corrected chi connectivity index (χ3v) is 17.1. The predicted octanol–water partition coefficient (Wildman–Crippen LogP) is 25.9. The second-order valence-electron chi connectivity index (χ2n) is 25.6. The fraction of sp³-hybridized carbons (Fsp3) is 0.883. The average Bonchev–Trinajstić information content (AvgIpc) is 3.50. The van der Waals surface area contributed by atoms with Crippen LogP contribution in [0, 0.1) is 0 Å². The molecule has 0 amide bonds. The molecule has 0 heterocycles. The van der Waals surface area contributed by atoms with Crippen LogP contribution in [0.25, 0.3) is 0 Å². The number of hydrogen-bond donors (Lipinski definition) is 0. The van der Waals surface area contributed by atoms with Crippen molar-refractivity contribution < 1.29 is 28.6 Å². The van der Waals surface area contributed by atoms with Crippen molar-refractivity contribution in [2.24, 2.45) is 0 Å². The molecule has 0 N–H and O–H groups in total. The van der Waals surface area contributed by atoms with E-state index in [2.05, 4.69) is 57.2 Å². The first kappa shape index (κ1) is 80.6. The van der Waals surface area contributed by atoms with Crippen LogP contribution in [-0.4, -0.2) is 37.2 Å². The van der Waals surface area contributed by atoms with Crippen molar-refractivity contribution in [3.63, 3.8) is 0 Å². The van der Waals surface area contributed by atoms with Crippen LogP contribution < -0.4 is 0 Å². The van der Waals surface area contributed by atoms with Gasteiger partial charge in [-0.3, -0.25) is 14.4 Å². The molecule has 0 saturated heterocycles. The van der Waals surface area contributed by atoms with Gasteiger partial charge in [0.1, 0.15) is 13.2 Å². The first-order chi connectivity index (χ1) is 41.0. The topological polar surface area (TPSA) is 78.9 Å². The van der Waals surface area contributed by atoms with E-state index >= 15 is 0 Å². The Morgan fingerprint density at radius 2 is 0.434 bits per heavy atom. The number of unbranched alkanes of at least 4 members (excludes halogenated alkanes) is 53. The molecule has 0 aromatic heterocycles. The van der Waals surface area contributed by atoms with Gasteiger partial charge in [0.15, 0.2) is 6.10 Å². The fourth-order valence-electron chi connectivity index (χ4n) is 11.5. The molecule has 0 radical (unpaired) electrons. The lowest BCUT2D eigenvalue weighted by Gasteiger charge is -2.18. The first-order valence-corrected chi connectivity index (χ1v) is 37.5. The van der Waals surface area contributed by atoms with Crippen LogP contribution >= 0.6 is 0 Å². The second-order valence-corrected chi connectivity index (χ2v) is 25.6. The largest absolute Gasteiger partial charge is 0.462 e. The minimum absolute atomic E-state index is 0.0679. The molecule has 0 rings (SSSR count). The first-order valence-electron chi connectivity index (χ1n) is 37.5. The van der Waals surface area contributed by atoms with Gasteiger partial charge in [-0.05, 0) is 77.0 Å². The van der Waals surface area contributed by atoms with Gasteiger partial charge >= 0.3 is 17.9 Å². The van der Waals surface area contributed by atoms with E-state index in [1.54, 1.807) is 0 Å². The minimum atomic E-state index is -0.773. The Morgan fingerprint density at radius 3 is 0.699 bits per heavy atom. The molecule has 83 heavy (non-hydrogen) atoms. The van der Waals surface area contributed by atoms with E-state index in [1.807, 2.05) is 0 Å². The number of hydrogen-bond acceptors (Lipinski definition) is 6. The third kappa shape index (κ3) is 70.3. The number of carbonyl (C=O) groups excluding carboxylic acids is 3. The summed E-state index contributed by atoms with van der Waals surface area (Å²) in [5.74, 6) is -0.838. The highest BCUT2D eigenvalue weighted by Gasteiger charge is 2.20. The van der Waals surface area contributed by atoms with Crippen molar-refractivity contribution >= 4 is 17.9 Å². The quantitative estimate of drug-likeness (QED) is 0.0261. The second kappa shape index (κ2) is 72.1. The van der Waals surface area contributed by atoms with Gasteiger partial charge in [0.05, 0.1) is 0 Å². The summed E-state index contributed by atoms with van der Waals surface area (Å²) in [5.41, 5.74) is 0. The van der Waals surface area contributed by atoms with Gasteiger partial charge in [-0.1, -0.05) is 359 Å². The zero-order chi connectivity index (χ0) is 59.9. The maximum absolute atomic E-state index is 13.0. The summed E-state index contributed by atoms with van der Waals surface area (Å²) < 4.78 is 17.0. The summed E-state index contributed by atoms with van der Waals surface area (Å²) in [5, 5.41) is 0. The highest BCUT2D eigenvalue weighted by molar-refractivity contribution is 5.71. The zero-order valence-electron chi connectivity index (χ0n) is 56.2. The van der Waals surface area contributed by atoms with E-state index in [-0.39, 0.29) is 31.1 Å². The van der Waals surface area contributed by atoms with Crippen molar-refractivity contribution in [3.8, 4) is 0 Å². The van der Waals surface area contributed by atoms with Gasteiger partial charge < -0.3 is 14.2 Å². The lowest BCUT2D eigenvalue weighted by atomic mass is 10.0. The molecule has 0 aliphatic heterocycles. The third-order valence-electron chi connectivity index (χ3n) is 17.1. The van der Waals surface area contributed by atoms with Gasteiger partial charge in [-0.15, -0.1) is 0 Å². The number of rotatable bonds is 70. The monoisotopic (exact) mass is 1170 g/mol. The molecule has 0 aromatic carbocycles. The predicted molar refractivity (Wildman–Crippen MR) is 362 cm³/mol. The molecular weight excluding hydrogens is 1020 g/mol. The Balaban J connectivity index is 4.26. The number of ether oxygens (including phenoxy) is 3. The van der Waals surface area contributed by atoms with Crippen molar-refractivity contribution in [2.75, 3.05) is 13.2 Å². The van der Waals surface area contributed by atoms with Gasteiger partial charge in [-0.2, -0.15) is 0 Å². The standard InChI is InChI=1S/C77H144O6/c1-4-7-10-13-16-19-22-25-28-31-34-35-36-37-38-39-40-41-44-46-49-52-55-58-61-64-67-70-76(79)82-73-74(83-77(80)71-68-65-62-59-56-53-50-47-43-33-30-27-24-21-18-15-12-9-6-3)72-81-75(78)69-66-63-60-57-54-51-48-45-42-32-29-26-23-20-17-14-11-8-5-2/h18,21,27,30-31,34,74H,4-17,19-20,22-26,28-29,32-33,35-73H2,1-3H3/b21-18-,30-27-,34-31-.